The molecule has 0 bridgehead atoms. The van der Waals surface area contributed by atoms with Crippen molar-refractivity contribution in [1.29, 1.82) is 0 Å². The van der Waals surface area contributed by atoms with Crippen LogP contribution in [0.15, 0.2) is 27.5 Å². The van der Waals surface area contributed by atoms with E-state index in [1.165, 1.54) is 0 Å². The Bertz CT molecular complexity index is 1170. The van der Waals surface area contributed by atoms with Gasteiger partial charge < -0.3 is 20.4 Å². The molecule has 1 aliphatic rings. The van der Waals surface area contributed by atoms with Gasteiger partial charge in [0.25, 0.3) is 11.5 Å². The fourth-order valence-corrected chi connectivity index (χ4v) is 5.35. The number of halogens is 1. The van der Waals surface area contributed by atoms with E-state index < -0.39 is 5.60 Å². The van der Waals surface area contributed by atoms with Gasteiger partial charge in [0.2, 0.25) is 0 Å². The number of ether oxygens (including phenoxy) is 1. The maximum absolute atomic E-state index is 13.1. The third-order valence-electron chi connectivity index (χ3n) is 6.72. The molecule has 0 radical (unpaired) electrons. The van der Waals surface area contributed by atoms with Crippen LogP contribution in [-0.4, -0.2) is 28.6 Å². The summed E-state index contributed by atoms with van der Waals surface area (Å²) in [5.41, 5.74) is 4.27. The van der Waals surface area contributed by atoms with Crippen LogP contribution in [0.3, 0.4) is 0 Å². The molecule has 0 aliphatic heterocycles. The summed E-state index contributed by atoms with van der Waals surface area (Å²) in [6, 6.07) is 5.96. The molecule has 1 aromatic carbocycles. The standard InChI is InChI=1S/C28H38BrN3O4/c1-16-11-17(2)31-26(34)24(16)15-30-25(33)23-14-21(29)13-20(18(23)3)12-19-7-9-22(10-8-19)32-27(35)36-28(4,5)6/h11,13-14,19,22H,7-10,12,15H2,1-6H3,(H,30,33)(H,31,34)(H,32,35). The van der Waals surface area contributed by atoms with E-state index in [-0.39, 0.29) is 30.1 Å². The first-order valence-electron chi connectivity index (χ1n) is 12.6. The lowest BCUT2D eigenvalue weighted by molar-refractivity contribution is 0.0487. The zero-order valence-corrected chi connectivity index (χ0v) is 23.7. The molecule has 0 unspecified atom stereocenters. The summed E-state index contributed by atoms with van der Waals surface area (Å²) in [5.74, 6) is 0.291. The van der Waals surface area contributed by atoms with E-state index in [0.29, 0.717) is 17.0 Å². The van der Waals surface area contributed by atoms with Gasteiger partial charge in [0.1, 0.15) is 5.60 Å². The number of aromatic amines is 1. The van der Waals surface area contributed by atoms with Gasteiger partial charge in [0.15, 0.2) is 0 Å². The Balaban J connectivity index is 1.61. The molecule has 3 rings (SSSR count). The molecule has 1 saturated carbocycles. The van der Waals surface area contributed by atoms with Crippen molar-refractivity contribution in [3.8, 4) is 0 Å². The highest BCUT2D eigenvalue weighted by molar-refractivity contribution is 9.10. The quantitative estimate of drug-likeness (QED) is 0.427. The number of hydrogen-bond donors (Lipinski definition) is 3. The minimum atomic E-state index is -0.502. The summed E-state index contributed by atoms with van der Waals surface area (Å²) >= 11 is 3.57. The molecular weight excluding hydrogens is 522 g/mol. The summed E-state index contributed by atoms with van der Waals surface area (Å²) < 4.78 is 6.24. The van der Waals surface area contributed by atoms with E-state index in [1.807, 2.05) is 53.7 Å². The predicted molar refractivity (Wildman–Crippen MR) is 145 cm³/mol. The average Bonchev–Trinajstić information content (AvgIpc) is 2.75. The maximum Gasteiger partial charge on any atom is 0.407 e. The molecule has 2 aromatic rings. The lowest BCUT2D eigenvalue weighted by Gasteiger charge is -2.30. The second kappa shape index (κ2) is 11.6. The Hall–Kier alpha value is -2.61. The zero-order valence-electron chi connectivity index (χ0n) is 22.1. The highest BCUT2D eigenvalue weighted by atomic mass is 79.9. The summed E-state index contributed by atoms with van der Waals surface area (Å²) in [6.07, 6.45) is 4.35. The van der Waals surface area contributed by atoms with Gasteiger partial charge in [-0.1, -0.05) is 15.9 Å². The van der Waals surface area contributed by atoms with Gasteiger partial charge >= 0.3 is 6.09 Å². The van der Waals surface area contributed by atoms with Gasteiger partial charge in [-0.2, -0.15) is 0 Å². The van der Waals surface area contributed by atoms with E-state index in [9.17, 15) is 14.4 Å². The third-order valence-corrected chi connectivity index (χ3v) is 7.18. The number of rotatable bonds is 6. The van der Waals surface area contributed by atoms with E-state index >= 15 is 0 Å². The molecule has 196 valence electrons. The molecule has 0 saturated heterocycles. The van der Waals surface area contributed by atoms with Crippen LogP contribution in [0, 0.1) is 26.7 Å². The number of nitrogens with one attached hydrogen (secondary N) is 3. The van der Waals surface area contributed by atoms with E-state index in [2.05, 4.69) is 37.6 Å². The average molecular weight is 561 g/mol. The van der Waals surface area contributed by atoms with Crippen LogP contribution in [0.25, 0.3) is 0 Å². The number of aromatic nitrogens is 1. The molecule has 36 heavy (non-hydrogen) atoms. The number of benzene rings is 1. The SMILES string of the molecule is Cc1cc(C)c(CNC(=O)c2cc(Br)cc(CC3CCC(NC(=O)OC(C)(C)C)CC3)c2C)c(=O)[nH]1. The Kier molecular flexibility index (Phi) is 9.03. The number of H-pyrrole nitrogens is 1. The lowest BCUT2D eigenvalue weighted by atomic mass is 9.81. The molecule has 1 aliphatic carbocycles. The summed E-state index contributed by atoms with van der Waals surface area (Å²) in [6.45, 7) is 11.5. The second-order valence-corrected chi connectivity index (χ2v) is 11.8. The molecule has 1 aromatic heterocycles. The molecule has 1 heterocycles. The Morgan fingerprint density at radius 1 is 1.08 bits per heavy atom. The lowest BCUT2D eigenvalue weighted by Crippen LogP contribution is -2.41. The molecule has 8 heteroatoms. The predicted octanol–water partition coefficient (Wildman–Crippen LogP) is 5.62. The van der Waals surface area contributed by atoms with Crippen molar-refractivity contribution in [3.63, 3.8) is 0 Å². The second-order valence-electron chi connectivity index (χ2n) is 10.9. The molecule has 2 amide bonds. The largest absolute Gasteiger partial charge is 0.444 e. The van der Waals surface area contributed by atoms with Crippen LogP contribution in [0.5, 0.6) is 0 Å². The van der Waals surface area contributed by atoms with Crippen molar-refractivity contribution < 1.29 is 14.3 Å². The highest BCUT2D eigenvalue weighted by Crippen LogP contribution is 2.31. The van der Waals surface area contributed by atoms with Crippen molar-refractivity contribution >= 4 is 27.9 Å². The topological polar surface area (TPSA) is 100 Å². The van der Waals surface area contributed by atoms with Crippen LogP contribution in [0.2, 0.25) is 0 Å². The zero-order chi connectivity index (χ0) is 26.6. The molecule has 0 atom stereocenters. The van der Waals surface area contributed by atoms with Crippen LogP contribution < -0.4 is 16.2 Å². The monoisotopic (exact) mass is 559 g/mol. The molecule has 3 N–H and O–H groups in total. The van der Waals surface area contributed by atoms with Crippen molar-refractivity contribution in [2.24, 2.45) is 5.92 Å². The smallest absolute Gasteiger partial charge is 0.407 e. The van der Waals surface area contributed by atoms with Crippen LogP contribution in [0.4, 0.5) is 4.79 Å². The van der Waals surface area contributed by atoms with Crippen LogP contribution in [0.1, 0.15) is 84.8 Å². The van der Waals surface area contributed by atoms with Gasteiger partial charge in [0, 0.05) is 33.9 Å². The normalized spacial score (nSPS) is 18.0. The van der Waals surface area contributed by atoms with Gasteiger partial charge in [-0.3, -0.25) is 9.59 Å². The first-order chi connectivity index (χ1) is 16.8. The number of carbonyl (C=O) groups excluding carboxylic acids is 2. The van der Waals surface area contributed by atoms with Crippen molar-refractivity contribution in [3.05, 3.63) is 66.5 Å². The fraction of sp³-hybridized carbons (Fsp3) is 0.536. The minimum Gasteiger partial charge on any atom is -0.444 e. The summed E-state index contributed by atoms with van der Waals surface area (Å²) in [5, 5.41) is 5.92. The first-order valence-corrected chi connectivity index (χ1v) is 13.4. The number of hydrogen-bond acceptors (Lipinski definition) is 4. The van der Waals surface area contributed by atoms with Crippen molar-refractivity contribution in [2.75, 3.05) is 0 Å². The summed E-state index contributed by atoms with van der Waals surface area (Å²) in [7, 11) is 0. The highest BCUT2D eigenvalue weighted by Gasteiger charge is 2.26. The van der Waals surface area contributed by atoms with Crippen LogP contribution in [-0.2, 0) is 17.7 Å². The molecule has 0 spiro atoms. The van der Waals surface area contributed by atoms with Gasteiger partial charge in [-0.25, -0.2) is 4.79 Å². The molecule has 1 fully saturated rings. The number of carbonyl (C=O) groups is 2. The van der Waals surface area contributed by atoms with Gasteiger partial charge in [-0.15, -0.1) is 0 Å². The van der Waals surface area contributed by atoms with Crippen LogP contribution >= 0.6 is 15.9 Å². The van der Waals surface area contributed by atoms with E-state index in [4.69, 9.17) is 4.74 Å². The van der Waals surface area contributed by atoms with Crippen molar-refractivity contribution in [1.82, 2.24) is 15.6 Å². The number of amides is 2. The Morgan fingerprint density at radius 3 is 2.36 bits per heavy atom. The number of alkyl carbamates (subject to hydrolysis) is 1. The number of aryl methyl sites for hydroxylation is 2. The minimum absolute atomic E-state index is 0.134. The Morgan fingerprint density at radius 2 is 1.75 bits per heavy atom. The molecule has 7 nitrogen and oxygen atoms in total. The first kappa shape index (κ1) is 28.0. The van der Waals surface area contributed by atoms with E-state index in [1.54, 1.807) is 0 Å². The third kappa shape index (κ3) is 7.69. The maximum atomic E-state index is 13.1. The van der Waals surface area contributed by atoms with E-state index in [0.717, 1.165) is 59.0 Å². The summed E-state index contributed by atoms with van der Waals surface area (Å²) in [4.78, 5) is 40.3. The van der Waals surface area contributed by atoms with Crippen molar-refractivity contribution in [2.45, 2.75) is 91.8 Å². The Labute approximate surface area is 221 Å². The number of pyridine rings is 1. The fourth-order valence-electron chi connectivity index (χ4n) is 4.84. The van der Waals surface area contributed by atoms with Gasteiger partial charge in [0.05, 0.1) is 0 Å². The van der Waals surface area contributed by atoms with Gasteiger partial charge in [-0.05, 0) is 114 Å². The molecular formula is C28H38BrN3O4.